The zero-order chi connectivity index (χ0) is 16.9. The molecule has 0 saturated carbocycles. The van der Waals surface area contributed by atoms with Crippen LogP contribution in [0.2, 0.25) is 0 Å². The first-order valence-electron chi connectivity index (χ1n) is 7.59. The summed E-state index contributed by atoms with van der Waals surface area (Å²) in [5, 5.41) is 19.5. The predicted octanol–water partition coefficient (Wildman–Crippen LogP) is 3.88. The number of rotatable bonds is 7. The van der Waals surface area contributed by atoms with Crippen LogP contribution in [-0.4, -0.2) is 16.2 Å². The van der Waals surface area contributed by atoms with Crippen LogP contribution in [0.3, 0.4) is 0 Å². The van der Waals surface area contributed by atoms with Gasteiger partial charge >= 0.3 is 5.97 Å². The molecule has 5 heteroatoms. The van der Waals surface area contributed by atoms with Crippen LogP contribution in [0.25, 0.3) is 0 Å². The Balaban J connectivity index is 1.82. The predicted molar refractivity (Wildman–Crippen MR) is 85.2 cm³/mol. The second-order valence-electron chi connectivity index (χ2n) is 6.18. The van der Waals surface area contributed by atoms with E-state index in [4.69, 9.17) is 9.15 Å². The lowest BCUT2D eigenvalue weighted by Crippen LogP contribution is -2.18. The monoisotopic (exact) mass is 318 g/mol. The molecule has 0 radical (unpaired) electrons. The SMILES string of the molecule is CC(C)(CCCC(=O)OCc1ccco1)c1cc(O)ccc1O. The zero-order valence-corrected chi connectivity index (χ0v) is 13.4. The smallest absolute Gasteiger partial charge is 0.306 e. The molecule has 1 heterocycles. The summed E-state index contributed by atoms with van der Waals surface area (Å²) in [6.07, 6.45) is 3.14. The van der Waals surface area contributed by atoms with Crippen molar-refractivity contribution in [3.8, 4) is 11.5 Å². The molecule has 23 heavy (non-hydrogen) atoms. The number of ether oxygens (including phenoxy) is 1. The van der Waals surface area contributed by atoms with E-state index in [0.29, 0.717) is 30.6 Å². The van der Waals surface area contributed by atoms with Crippen molar-refractivity contribution in [1.82, 2.24) is 0 Å². The minimum Gasteiger partial charge on any atom is -0.508 e. The van der Waals surface area contributed by atoms with Crippen molar-refractivity contribution in [2.75, 3.05) is 0 Å². The first-order chi connectivity index (χ1) is 10.9. The largest absolute Gasteiger partial charge is 0.508 e. The number of hydrogen-bond acceptors (Lipinski definition) is 5. The van der Waals surface area contributed by atoms with Crippen molar-refractivity contribution in [2.24, 2.45) is 0 Å². The van der Waals surface area contributed by atoms with Gasteiger partial charge in [0.05, 0.1) is 6.26 Å². The highest BCUT2D eigenvalue weighted by atomic mass is 16.5. The summed E-state index contributed by atoms with van der Waals surface area (Å²) in [6.45, 7) is 4.08. The second-order valence-corrected chi connectivity index (χ2v) is 6.18. The van der Waals surface area contributed by atoms with E-state index in [1.807, 2.05) is 13.8 Å². The lowest BCUT2D eigenvalue weighted by atomic mass is 9.79. The Hall–Kier alpha value is -2.43. The molecule has 1 aromatic heterocycles. The molecule has 124 valence electrons. The van der Waals surface area contributed by atoms with Gasteiger partial charge in [-0.05, 0) is 48.6 Å². The van der Waals surface area contributed by atoms with Gasteiger partial charge in [0.25, 0.3) is 0 Å². The van der Waals surface area contributed by atoms with Crippen LogP contribution in [-0.2, 0) is 21.6 Å². The van der Waals surface area contributed by atoms with E-state index in [-0.39, 0.29) is 29.5 Å². The van der Waals surface area contributed by atoms with Crippen LogP contribution in [0.5, 0.6) is 11.5 Å². The van der Waals surface area contributed by atoms with Gasteiger partial charge in [-0.1, -0.05) is 13.8 Å². The lowest BCUT2D eigenvalue weighted by Gasteiger charge is -2.26. The van der Waals surface area contributed by atoms with E-state index in [0.717, 1.165) is 0 Å². The number of carbonyl (C=O) groups excluding carboxylic acids is 1. The van der Waals surface area contributed by atoms with E-state index >= 15 is 0 Å². The average molecular weight is 318 g/mol. The molecule has 0 aliphatic carbocycles. The second kappa shape index (κ2) is 7.22. The number of phenols is 2. The summed E-state index contributed by atoms with van der Waals surface area (Å²) >= 11 is 0. The Morgan fingerprint density at radius 1 is 1.26 bits per heavy atom. The third kappa shape index (κ3) is 4.77. The Morgan fingerprint density at radius 2 is 2.04 bits per heavy atom. The molecule has 2 rings (SSSR count). The first-order valence-corrected chi connectivity index (χ1v) is 7.59. The highest BCUT2D eigenvalue weighted by Gasteiger charge is 2.24. The number of benzene rings is 1. The molecule has 0 unspecified atom stereocenters. The normalized spacial score (nSPS) is 11.4. The van der Waals surface area contributed by atoms with Gasteiger partial charge in [0, 0.05) is 12.0 Å². The van der Waals surface area contributed by atoms with Crippen LogP contribution < -0.4 is 0 Å². The van der Waals surface area contributed by atoms with Gasteiger partial charge in [0.2, 0.25) is 0 Å². The standard InChI is InChI=1S/C18H22O5/c1-18(2,15-11-13(19)7-8-16(15)20)9-3-6-17(21)23-12-14-5-4-10-22-14/h4-5,7-8,10-11,19-20H,3,6,9,12H2,1-2H3. The number of esters is 1. The fraction of sp³-hybridized carbons (Fsp3) is 0.389. The van der Waals surface area contributed by atoms with Crippen LogP contribution >= 0.6 is 0 Å². The minimum atomic E-state index is -0.357. The maximum absolute atomic E-state index is 11.7. The summed E-state index contributed by atoms with van der Waals surface area (Å²) in [7, 11) is 0. The quantitative estimate of drug-likeness (QED) is 0.598. The van der Waals surface area contributed by atoms with Gasteiger partial charge in [-0.15, -0.1) is 0 Å². The zero-order valence-electron chi connectivity index (χ0n) is 13.4. The summed E-state index contributed by atoms with van der Waals surface area (Å²) in [6, 6.07) is 7.98. The molecule has 0 fully saturated rings. The summed E-state index contributed by atoms with van der Waals surface area (Å²) < 4.78 is 10.2. The lowest BCUT2D eigenvalue weighted by molar-refractivity contribution is -0.145. The maximum Gasteiger partial charge on any atom is 0.306 e. The first kappa shape index (κ1) is 16.9. The van der Waals surface area contributed by atoms with E-state index in [1.54, 1.807) is 18.2 Å². The third-order valence-electron chi connectivity index (χ3n) is 3.85. The van der Waals surface area contributed by atoms with Crippen molar-refractivity contribution in [3.63, 3.8) is 0 Å². The fourth-order valence-electron chi connectivity index (χ4n) is 2.49. The van der Waals surface area contributed by atoms with Gasteiger partial charge in [0.15, 0.2) is 0 Å². The third-order valence-corrected chi connectivity index (χ3v) is 3.85. The molecule has 5 nitrogen and oxygen atoms in total. The van der Waals surface area contributed by atoms with E-state index in [9.17, 15) is 15.0 Å². The number of furan rings is 1. The van der Waals surface area contributed by atoms with Crippen molar-refractivity contribution >= 4 is 5.97 Å². The van der Waals surface area contributed by atoms with Gasteiger partial charge < -0.3 is 19.4 Å². The van der Waals surface area contributed by atoms with Gasteiger partial charge in [-0.3, -0.25) is 4.79 Å². The fourth-order valence-corrected chi connectivity index (χ4v) is 2.49. The van der Waals surface area contributed by atoms with Crippen molar-refractivity contribution in [1.29, 1.82) is 0 Å². The topological polar surface area (TPSA) is 79.9 Å². The Labute approximate surface area is 135 Å². The summed E-state index contributed by atoms with van der Waals surface area (Å²) in [5.41, 5.74) is 0.311. The van der Waals surface area contributed by atoms with Crippen molar-refractivity contribution in [3.05, 3.63) is 47.9 Å². The molecule has 2 aromatic rings. The Kier molecular flexibility index (Phi) is 5.32. The molecule has 2 N–H and O–H groups in total. The number of hydrogen-bond donors (Lipinski definition) is 2. The number of carbonyl (C=O) groups is 1. The summed E-state index contributed by atoms with van der Waals surface area (Å²) in [4.78, 5) is 11.7. The maximum atomic E-state index is 11.7. The van der Waals surface area contributed by atoms with Crippen LogP contribution in [0.1, 0.15) is 44.4 Å². The molecule has 0 aliphatic heterocycles. The van der Waals surface area contributed by atoms with Crippen LogP contribution in [0.15, 0.2) is 41.0 Å². The molecule has 0 amide bonds. The molecule has 0 bridgehead atoms. The average Bonchev–Trinajstić information content (AvgIpc) is 3.00. The van der Waals surface area contributed by atoms with Gasteiger partial charge in [-0.2, -0.15) is 0 Å². The number of aromatic hydroxyl groups is 2. The number of phenolic OH excluding ortho intramolecular Hbond substituents is 2. The molecular weight excluding hydrogens is 296 g/mol. The molecule has 0 atom stereocenters. The Morgan fingerprint density at radius 3 is 2.74 bits per heavy atom. The Bertz CT molecular complexity index is 643. The molecule has 0 aliphatic rings. The van der Waals surface area contributed by atoms with Crippen molar-refractivity contribution < 1.29 is 24.2 Å². The van der Waals surface area contributed by atoms with Crippen LogP contribution in [0, 0.1) is 0 Å². The molecule has 1 aromatic carbocycles. The van der Waals surface area contributed by atoms with E-state index in [1.165, 1.54) is 18.4 Å². The van der Waals surface area contributed by atoms with Crippen molar-refractivity contribution in [2.45, 2.75) is 45.1 Å². The summed E-state index contributed by atoms with van der Waals surface area (Å²) in [5.74, 6) is 0.595. The molecular formula is C18H22O5. The van der Waals surface area contributed by atoms with Gasteiger partial charge in [0.1, 0.15) is 23.9 Å². The van der Waals surface area contributed by atoms with E-state index < -0.39 is 0 Å². The highest BCUT2D eigenvalue weighted by molar-refractivity contribution is 5.69. The molecule has 0 saturated heterocycles. The van der Waals surface area contributed by atoms with E-state index in [2.05, 4.69) is 0 Å². The highest BCUT2D eigenvalue weighted by Crippen LogP contribution is 2.36. The van der Waals surface area contributed by atoms with Gasteiger partial charge in [-0.25, -0.2) is 0 Å². The van der Waals surface area contributed by atoms with Crippen LogP contribution in [0.4, 0.5) is 0 Å². The minimum absolute atomic E-state index is 0.115. The molecule has 0 spiro atoms.